The number of ketones is 1. The number of unbranched alkanes of at least 4 members (excludes halogenated alkanes) is 1. The van der Waals surface area contributed by atoms with Crippen LogP contribution in [0.3, 0.4) is 0 Å². The van der Waals surface area contributed by atoms with Gasteiger partial charge in [0, 0.05) is 12.7 Å². The van der Waals surface area contributed by atoms with Crippen molar-refractivity contribution in [3.05, 3.63) is 24.4 Å². The quantitative estimate of drug-likeness (QED) is 0.612. The first-order chi connectivity index (χ1) is 10.9. The van der Waals surface area contributed by atoms with Gasteiger partial charge in [-0.25, -0.2) is 4.79 Å². The second-order valence-electron chi connectivity index (χ2n) is 5.51. The zero-order chi connectivity index (χ0) is 18.4. The molecule has 1 N–H and O–H groups in total. The highest BCUT2D eigenvalue weighted by molar-refractivity contribution is 6.00. The molecule has 2 amide bonds. The number of nitrogens with zero attached hydrogens (tertiary/aromatic N) is 1. The summed E-state index contributed by atoms with van der Waals surface area (Å²) in [5, 5.41) is 2.83. The molecule has 1 unspecified atom stereocenters. The molecule has 0 aliphatic rings. The summed E-state index contributed by atoms with van der Waals surface area (Å²) in [7, 11) is 0. The number of Topliss-reactive ketones (excluding diaryl/α,β-unsaturated/α-hetero) is 1. The summed E-state index contributed by atoms with van der Waals surface area (Å²) in [6.45, 7) is 18.1. The maximum absolute atomic E-state index is 12.4. The van der Waals surface area contributed by atoms with E-state index in [1.807, 2.05) is 41.5 Å². The Bertz CT molecular complexity index is 387. The average Bonchev–Trinajstić information content (AvgIpc) is 2.55. The van der Waals surface area contributed by atoms with Crippen molar-refractivity contribution in [1.29, 1.82) is 0 Å². The Morgan fingerprint density at radius 1 is 1.22 bits per heavy atom. The van der Waals surface area contributed by atoms with E-state index in [9.17, 15) is 9.59 Å². The van der Waals surface area contributed by atoms with Crippen molar-refractivity contribution < 1.29 is 9.59 Å². The van der Waals surface area contributed by atoms with Gasteiger partial charge in [0.2, 0.25) is 0 Å². The minimum absolute atomic E-state index is 0.0316. The minimum Gasteiger partial charge on any atom is -0.327 e. The van der Waals surface area contributed by atoms with Gasteiger partial charge < -0.3 is 10.2 Å². The van der Waals surface area contributed by atoms with E-state index in [4.69, 9.17) is 0 Å². The molecule has 0 fully saturated rings. The Hall–Kier alpha value is -1.58. The molecule has 0 aliphatic heterocycles. The molecule has 134 valence electrons. The topological polar surface area (TPSA) is 49.4 Å². The molecule has 0 bridgehead atoms. The number of hydrogen-bond donors (Lipinski definition) is 1. The monoisotopic (exact) mass is 324 g/mol. The van der Waals surface area contributed by atoms with E-state index in [0.717, 1.165) is 12.8 Å². The third-order valence-electron chi connectivity index (χ3n) is 3.34. The lowest BCUT2D eigenvalue weighted by molar-refractivity contribution is -0.118. The van der Waals surface area contributed by atoms with Crippen molar-refractivity contribution in [2.45, 2.75) is 73.8 Å². The minimum atomic E-state index is -0.513. The maximum Gasteiger partial charge on any atom is 0.321 e. The zero-order valence-corrected chi connectivity index (χ0v) is 16.1. The second kappa shape index (κ2) is 14.0. The van der Waals surface area contributed by atoms with Crippen molar-refractivity contribution in [2.24, 2.45) is 5.92 Å². The molecule has 0 saturated carbocycles. The summed E-state index contributed by atoms with van der Waals surface area (Å²) in [5.74, 6) is -0.0209. The van der Waals surface area contributed by atoms with Crippen LogP contribution in [0.4, 0.5) is 4.79 Å². The summed E-state index contributed by atoms with van der Waals surface area (Å²) >= 11 is 0. The molecule has 0 aromatic carbocycles. The number of rotatable bonds is 9. The first-order valence-electron chi connectivity index (χ1n) is 8.80. The zero-order valence-electron chi connectivity index (χ0n) is 16.1. The molecule has 0 heterocycles. The van der Waals surface area contributed by atoms with Crippen molar-refractivity contribution in [2.75, 3.05) is 6.54 Å². The standard InChI is InChI=1S/C17H30N2O2.C2H6/c1-7-10-11-14(6)16(20)15(13(4)5)18-17(21)19(9-3)12-8-2;1-2/h8,12-13,15H,6-7,9-11H2,1-5H3,(H,18,21);1-2H3/b12-8-;. The lowest BCUT2D eigenvalue weighted by Crippen LogP contribution is -2.49. The van der Waals surface area contributed by atoms with Crippen molar-refractivity contribution in [1.82, 2.24) is 10.2 Å². The molecule has 0 aliphatic carbocycles. The molecule has 0 spiro atoms. The molecule has 0 aromatic heterocycles. The van der Waals surface area contributed by atoms with Crippen LogP contribution in [0.25, 0.3) is 0 Å². The van der Waals surface area contributed by atoms with E-state index in [1.165, 1.54) is 0 Å². The van der Waals surface area contributed by atoms with E-state index >= 15 is 0 Å². The number of carbonyl (C=O) groups excluding carboxylic acids is 2. The third-order valence-corrected chi connectivity index (χ3v) is 3.34. The summed E-state index contributed by atoms with van der Waals surface area (Å²) in [6, 6.07) is -0.757. The van der Waals surface area contributed by atoms with Gasteiger partial charge >= 0.3 is 6.03 Å². The van der Waals surface area contributed by atoms with Gasteiger partial charge in [-0.05, 0) is 38.2 Å². The molecule has 1 atom stereocenters. The number of allylic oxidation sites excluding steroid dienone is 1. The van der Waals surface area contributed by atoms with Crippen molar-refractivity contribution in [3.8, 4) is 0 Å². The fourth-order valence-corrected chi connectivity index (χ4v) is 1.98. The fraction of sp³-hybridized carbons (Fsp3) is 0.684. The van der Waals surface area contributed by atoms with Gasteiger partial charge in [0.25, 0.3) is 0 Å². The smallest absolute Gasteiger partial charge is 0.321 e. The predicted octanol–water partition coefficient (Wildman–Crippen LogP) is 4.92. The maximum atomic E-state index is 12.4. The Balaban J connectivity index is 0. The fourth-order valence-electron chi connectivity index (χ4n) is 1.98. The van der Waals surface area contributed by atoms with Gasteiger partial charge in [-0.3, -0.25) is 4.79 Å². The highest BCUT2D eigenvalue weighted by Gasteiger charge is 2.26. The molecule has 0 saturated heterocycles. The first kappa shape index (κ1) is 23.7. The van der Waals surface area contributed by atoms with Gasteiger partial charge in [0.05, 0.1) is 6.04 Å². The van der Waals surface area contributed by atoms with Gasteiger partial charge in [0.1, 0.15) is 0 Å². The van der Waals surface area contributed by atoms with Crippen LogP contribution in [0, 0.1) is 5.92 Å². The largest absolute Gasteiger partial charge is 0.327 e. The summed E-state index contributed by atoms with van der Waals surface area (Å²) in [5.41, 5.74) is 0.602. The van der Waals surface area contributed by atoms with Crippen LogP contribution >= 0.6 is 0 Å². The first-order valence-corrected chi connectivity index (χ1v) is 8.80. The van der Waals surface area contributed by atoms with E-state index in [1.54, 1.807) is 17.2 Å². The third kappa shape index (κ3) is 9.22. The van der Waals surface area contributed by atoms with Crippen LogP contribution in [0.1, 0.15) is 67.7 Å². The predicted molar refractivity (Wildman–Crippen MR) is 99.4 cm³/mol. The Labute approximate surface area is 143 Å². The van der Waals surface area contributed by atoms with E-state index in [0.29, 0.717) is 18.5 Å². The molecule has 0 aromatic rings. The Kier molecular flexibility index (Phi) is 14.5. The molecule has 23 heavy (non-hydrogen) atoms. The van der Waals surface area contributed by atoms with Gasteiger partial charge in [-0.15, -0.1) is 0 Å². The number of urea groups is 1. The molecule has 4 nitrogen and oxygen atoms in total. The van der Waals surface area contributed by atoms with Crippen molar-refractivity contribution in [3.63, 3.8) is 0 Å². The molecule has 4 heteroatoms. The highest BCUT2D eigenvalue weighted by Crippen LogP contribution is 2.13. The number of amides is 2. The SMILES string of the molecule is C=C(CCCC)C(=O)C(NC(=O)N(/C=C\C)CC)C(C)C.CC. The van der Waals surface area contributed by atoms with E-state index in [2.05, 4.69) is 18.8 Å². The van der Waals surface area contributed by atoms with Gasteiger partial charge in [-0.2, -0.15) is 0 Å². The number of hydrogen-bond acceptors (Lipinski definition) is 2. The molecular formula is C19H36N2O2. The summed E-state index contributed by atoms with van der Waals surface area (Å²) < 4.78 is 0. The summed E-state index contributed by atoms with van der Waals surface area (Å²) in [4.78, 5) is 26.2. The van der Waals surface area contributed by atoms with Crippen LogP contribution in [0.2, 0.25) is 0 Å². The van der Waals surface area contributed by atoms with Gasteiger partial charge in [0.15, 0.2) is 5.78 Å². The molecule has 0 rings (SSSR count). The lowest BCUT2D eigenvalue weighted by atomic mass is 9.93. The normalized spacial score (nSPS) is 11.7. The molecular weight excluding hydrogens is 288 g/mol. The van der Waals surface area contributed by atoms with E-state index in [-0.39, 0.29) is 17.7 Å². The number of nitrogens with one attached hydrogen (secondary N) is 1. The number of carbonyl (C=O) groups is 2. The molecule has 0 radical (unpaired) electrons. The average molecular weight is 325 g/mol. The lowest BCUT2D eigenvalue weighted by Gasteiger charge is -2.25. The summed E-state index contributed by atoms with van der Waals surface area (Å²) in [6.07, 6.45) is 6.18. The second-order valence-corrected chi connectivity index (χ2v) is 5.51. The highest BCUT2D eigenvalue weighted by atomic mass is 16.2. The van der Waals surface area contributed by atoms with Crippen LogP contribution < -0.4 is 5.32 Å². The van der Waals surface area contributed by atoms with Crippen LogP contribution in [0.5, 0.6) is 0 Å². The Morgan fingerprint density at radius 2 is 1.78 bits per heavy atom. The Morgan fingerprint density at radius 3 is 2.17 bits per heavy atom. The van der Waals surface area contributed by atoms with Crippen LogP contribution in [-0.4, -0.2) is 29.3 Å². The van der Waals surface area contributed by atoms with Crippen LogP contribution in [-0.2, 0) is 4.79 Å². The van der Waals surface area contributed by atoms with Crippen molar-refractivity contribution >= 4 is 11.8 Å². The van der Waals surface area contributed by atoms with Gasteiger partial charge in [-0.1, -0.05) is 53.7 Å². The van der Waals surface area contributed by atoms with E-state index < -0.39 is 6.04 Å². The van der Waals surface area contributed by atoms with Crippen LogP contribution in [0.15, 0.2) is 24.4 Å².